The van der Waals surface area contributed by atoms with E-state index in [9.17, 15) is 8.42 Å². The highest BCUT2D eigenvalue weighted by atomic mass is 32.2. The molecule has 1 unspecified atom stereocenters. The molecule has 8 heteroatoms. The lowest BCUT2D eigenvalue weighted by Crippen LogP contribution is -2.41. The molecule has 0 amide bonds. The molecule has 3 N–H and O–H groups in total. The Bertz CT molecular complexity index is 931. The van der Waals surface area contributed by atoms with Crippen molar-refractivity contribution < 1.29 is 13.2 Å². The number of primary sulfonamides is 1. The van der Waals surface area contributed by atoms with Crippen LogP contribution in [0.3, 0.4) is 0 Å². The lowest BCUT2D eigenvalue weighted by Gasteiger charge is -2.21. The average Bonchev–Trinajstić information content (AvgIpc) is 3.20. The maximum absolute atomic E-state index is 11.3. The quantitative estimate of drug-likeness (QED) is 0.493. The molecule has 0 aromatic heterocycles. The van der Waals surface area contributed by atoms with E-state index in [2.05, 4.69) is 27.3 Å². The lowest BCUT2D eigenvalue weighted by molar-refractivity contribution is 0.0907. The van der Waals surface area contributed by atoms with Gasteiger partial charge in [0, 0.05) is 32.6 Å². The number of likely N-dealkylation sites (tertiary alicyclic amines) is 1. The Morgan fingerprint density at radius 2 is 1.90 bits per heavy atom. The topological polar surface area (TPSA) is 97.0 Å². The van der Waals surface area contributed by atoms with Crippen molar-refractivity contribution in [3.05, 3.63) is 65.7 Å². The van der Waals surface area contributed by atoms with Crippen molar-refractivity contribution in [2.45, 2.75) is 24.3 Å². The minimum atomic E-state index is -3.65. The molecule has 0 radical (unpaired) electrons. The summed E-state index contributed by atoms with van der Waals surface area (Å²) in [6.45, 7) is 4.00. The summed E-state index contributed by atoms with van der Waals surface area (Å²) in [6, 6.07) is 16.9. The number of rotatable bonds is 8. The summed E-state index contributed by atoms with van der Waals surface area (Å²) in [7, 11) is -1.85. The minimum Gasteiger partial charge on any atom is -0.376 e. The first-order valence-corrected chi connectivity index (χ1v) is 11.7. The number of guanidine groups is 1. The van der Waals surface area contributed by atoms with Gasteiger partial charge in [0.25, 0.3) is 0 Å². The molecule has 1 fully saturated rings. The second kappa shape index (κ2) is 10.6. The average molecular weight is 431 g/mol. The molecule has 1 saturated heterocycles. The third kappa shape index (κ3) is 6.55. The fourth-order valence-electron chi connectivity index (χ4n) is 3.58. The van der Waals surface area contributed by atoms with Crippen LogP contribution in [0.1, 0.15) is 17.5 Å². The van der Waals surface area contributed by atoms with Gasteiger partial charge in [0.2, 0.25) is 10.0 Å². The molecule has 1 aliphatic rings. The normalized spacial score (nSPS) is 17.3. The van der Waals surface area contributed by atoms with Gasteiger partial charge in [-0.15, -0.1) is 0 Å². The Hall–Kier alpha value is -2.42. The number of hydrogen-bond donors (Lipinski definition) is 2. The highest BCUT2D eigenvalue weighted by molar-refractivity contribution is 7.89. The second-order valence-corrected chi connectivity index (χ2v) is 9.08. The van der Waals surface area contributed by atoms with E-state index in [0.29, 0.717) is 19.1 Å². The van der Waals surface area contributed by atoms with Gasteiger partial charge < -0.3 is 15.0 Å². The number of nitrogens with zero attached hydrogens (tertiary/aromatic N) is 2. The van der Waals surface area contributed by atoms with E-state index in [1.807, 2.05) is 18.2 Å². The first kappa shape index (κ1) is 22.3. The molecular weight excluding hydrogens is 400 g/mol. The number of nitrogens with one attached hydrogen (secondary N) is 1. The number of hydrogen-bond acceptors (Lipinski definition) is 4. The Morgan fingerprint density at radius 1 is 1.17 bits per heavy atom. The van der Waals surface area contributed by atoms with E-state index in [1.54, 1.807) is 31.3 Å². The molecule has 0 aliphatic carbocycles. The van der Waals surface area contributed by atoms with E-state index < -0.39 is 10.0 Å². The summed E-state index contributed by atoms with van der Waals surface area (Å²) in [6.07, 6.45) is 1.85. The summed E-state index contributed by atoms with van der Waals surface area (Å²) < 4.78 is 28.6. The van der Waals surface area contributed by atoms with Gasteiger partial charge in [0.15, 0.2) is 5.96 Å². The first-order valence-electron chi connectivity index (χ1n) is 10.1. The number of aliphatic imine (C=N–C) groups is 1. The van der Waals surface area contributed by atoms with Crippen LogP contribution in [-0.2, 0) is 27.8 Å². The maximum atomic E-state index is 11.3. The fraction of sp³-hybridized carbons (Fsp3) is 0.409. The van der Waals surface area contributed by atoms with Gasteiger partial charge in [-0.05, 0) is 36.1 Å². The highest BCUT2D eigenvalue weighted by Crippen LogP contribution is 2.17. The molecule has 1 atom stereocenters. The number of ether oxygens (including phenoxy) is 1. The van der Waals surface area contributed by atoms with Gasteiger partial charge in [-0.3, -0.25) is 4.99 Å². The van der Waals surface area contributed by atoms with E-state index in [4.69, 9.17) is 9.88 Å². The molecule has 1 heterocycles. The highest BCUT2D eigenvalue weighted by Gasteiger charge is 2.24. The molecule has 2 aromatic rings. The van der Waals surface area contributed by atoms with Crippen LogP contribution in [-0.4, -0.2) is 52.6 Å². The van der Waals surface area contributed by atoms with Crippen molar-refractivity contribution in [3.8, 4) is 0 Å². The third-order valence-corrected chi connectivity index (χ3v) is 6.14. The standard InChI is InChI=1S/C22H30N4O3S/c1-24-22(25-13-11-18-7-9-21(10-8-18)30(23,27)28)26-14-12-20(15-26)17-29-16-19-5-3-2-4-6-19/h2-10,20H,11-17H2,1H3,(H,24,25)(H2,23,27,28). The van der Waals surface area contributed by atoms with Crippen LogP contribution >= 0.6 is 0 Å². The van der Waals surface area contributed by atoms with E-state index in [0.717, 1.165) is 44.1 Å². The number of benzene rings is 2. The monoisotopic (exact) mass is 430 g/mol. The van der Waals surface area contributed by atoms with Gasteiger partial charge in [0.05, 0.1) is 18.1 Å². The van der Waals surface area contributed by atoms with Crippen molar-refractivity contribution in [1.82, 2.24) is 10.2 Å². The molecular formula is C22H30N4O3S. The third-order valence-electron chi connectivity index (χ3n) is 5.21. The summed E-state index contributed by atoms with van der Waals surface area (Å²) in [5.74, 6) is 1.39. The molecule has 1 aliphatic heterocycles. The lowest BCUT2D eigenvalue weighted by atomic mass is 10.1. The zero-order chi connectivity index (χ0) is 21.4. The van der Waals surface area contributed by atoms with E-state index >= 15 is 0 Å². The van der Waals surface area contributed by atoms with Gasteiger partial charge in [0.1, 0.15) is 0 Å². The smallest absolute Gasteiger partial charge is 0.238 e. The Morgan fingerprint density at radius 3 is 2.57 bits per heavy atom. The van der Waals surface area contributed by atoms with Gasteiger partial charge in [-0.2, -0.15) is 0 Å². The Labute approximate surface area is 179 Å². The SMILES string of the molecule is CN=C(NCCc1ccc(S(N)(=O)=O)cc1)N1CCC(COCc2ccccc2)C1. The number of sulfonamides is 1. The van der Waals surface area contributed by atoms with Crippen molar-refractivity contribution in [1.29, 1.82) is 0 Å². The minimum absolute atomic E-state index is 0.132. The molecule has 7 nitrogen and oxygen atoms in total. The van der Waals surface area contributed by atoms with Crippen molar-refractivity contribution in [2.75, 3.05) is 33.3 Å². The maximum Gasteiger partial charge on any atom is 0.238 e. The van der Waals surface area contributed by atoms with Crippen LogP contribution in [0.15, 0.2) is 64.5 Å². The molecule has 2 aromatic carbocycles. The van der Waals surface area contributed by atoms with Gasteiger partial charge in [-0.25, -0.2) is 13.6 Å². The van der Waals surface area contributed by atoms with Crippen LogP contribution in [0.4, 0.5) is 0 Å². The Kier molecular flexibility index (Phi) is 7.84. The molecule has 0 bridgehead atoms. The molecule has 3 rings (SSSR count). The molecule has 30 heavy (non-hydrogen) atoms. The fourth-order valence-corrected chi connectivity index (χ4v) is 4.09. The summed E-state index contributed by atoms with van der Waals surface area (Å²) in [5.41, 5.74) is 2.24. The van der Waals surface area contributed by atoms with Crippen LogP contribution in [0.5, 0.6) is 0 Å². The summed E-state index contributed by atoms with van der Waals surface area (Å²) >= 11 is 0. The predicted molar refractivity (Wildman–Crippen MR) is 119 cm³/mol. The molecule has 162 valence electrons. The van der Waals surface area contributed by atoms with Crippen molar-refractivity contribution in [3.63, 3.8) is 0 Å². The van der Waals surface area contributed by atoms with Crippen LogP contribution in [0.2, 0.25) is 0 Å². The Balaban J connectivity index is 1.40. The molecule has 0 spiro atoms. The van der Waals surface area contributed by atoms with E-state index in [-0.39, 0.29) is 4.90 Å². The summed E-state index contributed by atoms with van der Waals surface area (Å²) in [5, 5.41) is 8.53. The predicted octanol–water partition coefficient (Wildman–Crippen LogP) is 1.99. The van der Waals surface area contributed by atoms with Gasteiger partial charge >= 0.3 is 0 Å². The van der Waals surface area contributed by atoms with Gasteiger partial charge in [-0.1, -0.05) is 42.5 Å². The van der Waals surface area contributed by atoms with Crippen LogP contribution in [0, 0.1) is 5.92 Å². The first-order chi connectivity index (χ1) is 14.5. The van der Waals surface area contributed by atoms with Crippen molar-refractivity contribution >= 4 is 16.0 Å². The summed E-state index contributed by atoms with van der Waals surface area (Å²) in [4.78, 5) is 6.80. The van der Waals surface area contributed by atoms with Crippen LogP contribution in [0.25, 0.3) is 0 Å². The largest absolute Gasteiger partial charge is 0.376 e. The van der Waals surface area contributed by atoms with Crippen LogP contribution < -0.4 is 10.5 Å². The molecule has 0 saturated carbocycles. The second-order valence-electron chi connectivity index (χ2n) is 7.51. The van der Waals surface area contributed by atoms with E-state index in [1.165, 1.54) is 5.56 Å². The zero-order valence-electron chi connectivity index (χ0n) is 17.3. The number of nitrogens with two attached hydrogens (primary N) is 1. The zero-order valence-corrected chi connectivity index (χ0v) is 18.1. The van der Waals surface area contributed by atoms with Crippen molar-refractivity contribution in [2.24, 2.45) is 16.0 Å².